The second kappa shape index (κ2) is 7.56. The van der Waals surface area contributed by atoms with Gasteiger partial charge < -0.3 is 15.5 Å². The Morgan fingerprint density at radius 2 is 1.84 bits per heavy atom. The quantitative estimate of drug-likeness (QED) is 0.883. The predicted octanol–water partition coefficient (Wildman–Crippen LogP) is 3.17. The van der Waals surface area contributed by atoms with Crippen molar-refractivity contribution in [3.05, 3.63) is 29.8 Å². The van der Waals surface area contributed by atoms with Crippen molar-refractivity contribution in [1.29, 1.82) is 0 Å². The molecule has 0 unspecified atom stereocenters. The SMILES string of the molecule is CCN[C@H]1CN(C(=O)c2ccc(NC(C)=O)cc2)C2(CCCCC2)C1. The van der Waals surface area contributed by atoms with E-state index in [1.165, 1.54) is 26.2 Å². The van der Waals surface area contributed by atoms with E-state index >= 15 is 0 Å². The lowest BCUT2D eigenvalue weighted by Gasteiger charge is -2.41. The van der Waals surface area contributed by atoms with Gasteiger partial charge in [-0.1, -0.05) is 26.2 Å². The monoisotopic (exact) mass is 343 g/mol. The molecular weight excluding hydrogens is 314 g/mol. The van der Waals surface area contributed by atoms with Gasteiger partial charge in [-0.2, -0.15) is 0 Å². The number of nitrogens with one attached hydrogen (secondary N) is 2. The van der Waals surface area contributed by atoms with Crippen LogP contribution in [0.15, 0.2) is 24.3 Å². The van der Waals surface area contributed by atoms with Crippen LogP contribution in [0.3, 0.4) is 0 Å². The Morgan fingerprint density at radius 1 is 1.16 bits per heavy atom. The molecule has 2 aliphatic rings. The van der Waals surface area contributed by atoms with Crippen LogP contribution in [0.25, 0.3) is 0 Å². The summed E-state index contributed by atoms with van der Waals surface area (Å²) in [6.45, 7) is 5.34. The van der Waals surface area contributed by atoms with Gasteiger partial charge in [0.2, 0.25) is 5.91 Å². The molecule has 0 radical (unpaired) electrons. The van der Waals surface area contributed by atoms with Crippen molar-refractivity contribution >= 4 is 17.5 Å². The molecule has 1 atom stereocenters. The minimum Gasteiger partial charge on any atom is -0.331 e. The largest absolute Gasteiger partial charge is 0.331 e. The Hall–Kier alpha value is -1.88. The van der Waals surface area contributed by atoms with E-state index in [-0.39, 0.29) is 17.4 Å². The highest BCUT2D eigenvalue weighted by atomic mass is 16.2. The number of rotatable bonds is 4. The molecule has 5 nitrogen and oxygen atoms in total. The van der Waals surface area contributed by atoms with Gasteiger partial charge >= 0.3 is 0 Å². The molecule has 1 saturated heterocycles. The number of amides is 2. The Labute approximate surface area is 150 Å². The van der Waals surface area contributed by atoms with Crippen LogP contribution in [0, 0.1) is 0 Å². The van der Waals surface area contributed by atoms with E-state index < -0.39 is 0 Å². The van der Waals surface area contributed by atoms with Gasteiger partial charge in [-0.3, -0.25) is 9.59 Å². The molecule has 1 aliphatic heterocycles. The molecule has 2 amide bonds. The third kappa shape index (κ3) is 3.87. The summed E-state index contributed by atoms with van der Waals surface area (Å²) in [5, 5.41) is 6.29. The number of carbonyl (C=O) groups excluding carboxylic acids is 2. The standard InChI is InChI=1S/C20H29N3O2/c1-3-21-18-13-20(11-5-4-6-12-20)23(14-18)19(25)16-7-9-17(10-8-16)22-15(2)24/h7-10,18,21H,3-6,11-14H2,1-2H3,(H,22,24)/t18-/m1/s1. The Bertz CT molecular complexity index is 620. The van der Waals surface area contributed by atoms with Crippen LogP contribution < -0.4 is 10.6 Å². The van der Waals surface area contributed by atoms with Crippen molar-refractivity contribution in [3.8, 4) is 0 Å². The Balaban J connectivity index is 1.79. The summed E-state index contributed by atoms with van der Waals surface area (Å²) in [7, 11) is 0. The lowest BCUT2D eigenvalue weighted by atomic mass is 9.79. The number of nitrogens with zero attached hydrogens (tertiary/aromatic N) is 1. The Kier molecular flexibility index (Phi) is 5.42. The van der Waals surface area contributed by atoms with E-state index in [1.54, 1.807) is 12.1 Å². The molecule has 1 aromatic carbocycles. The van der Waals surface area contributed by atoms with Gasteiger partial charge in [-0.15, -0.1) is 0 Å². The molecule has 5 heteroatoms. The van der Waals surface area contributed by atoms with Gasteiger partial charge in [0.15, 0.2) is 0 Å². The fraction of sp³-hybridized carbons (Fsp3) is 0.600. The van der Waals surface area contributed by atoms with Crippen molar-refractivity contribution in [1.82, 2.24) is 10.2 Å². The van der Waals surface area contributed by atoms with Gasteiger partial charge in [0.05, 0.1) is 0 Å². The van der Waals surface area contributed by atoms with Gasteiger partial charge in [0, 0.05) is 36.3 Å². The number of anilines is 1. The minimum atomic E-state index is -0.103. The molecule has 1 heterocycles. The second-order valence-corrected chi connectivity index (χ2v) is 7.42. The van der Waals surface area contributed by atoms with E-state index in [2.05, 4.69) is 22.5 Å². The maximum atomic E-state index is 13.2. The van der Waals surface area contributed by atoms with Crippen molar-refractivity contribution < 1.29 is 9.59 Å². The first-order chi connectivity index (χ1) is 12.0. The lowest BCUT2D eigenvalue weighted by Crippen LogP contribution is -2.48. The third-order valence-electron chi connectivity index (χ3n) is 5.58. The fourth-order valence-corrected chi connectivity index (χ4v) is 4.51. The van der Waals surface area contributed by atoms with Crippen LogP contribution >= 0.6 is 0 Å². The maximum absolute atomic E-state index is 13.2. The number of likely N-dealkylation sites (tertiary alicyclic amines) is 1. The number of likely N-dealkylation sites (N-methyl/N-ethyl adjacent to an activating group) is 1. The first kappa shape index (κ1) is 17.9. The first-order valence-electron chi connectivity index (χ1n) is 9.47. The average molecular weight is 343 g/mol. The summed E-state index contributed by atoms with van der Waals surface area (Å²) in [6, 6.07) is 7.65. The maximum Gasteiger partial charge on any atom is 0.254 e. The molecule has 25 heavy (non-hydrogen) atoms. The smallest absolute Gasteiger partial charge is 0.254 e. The molecule has 1 saturated carbocycles. The van der Waals surface area contributed by atoms with Gasteiger partial charge in [-0.25, -0.2) is 0 Å². The number of hydrogen-bond donors (Lipinski definition) is 2. The summed E-state index contributed by atoms with van der Waals surface area (Å²) in [4.78, 5) is 26.5. The van der Waals surface area contributed by atoms with Gasteiger partial charge in [0.25, 0.3) is 5.91 Å². The zero-order chi connectivity index (χ0) is 17.9. The summed E-state index contributed by atoms with van der Waals surface area (Å²) >= 11 is 0. The van der Waals surface area contributed by atoms with E-state index in [0.29, 0.717) is 11.6 Å². The average Bonchev–Trinajstić information content (AvgIpc) is 2.93. The van der Waals surface area contributed by atoms with Crippen LogP contribution in [-0.2, 0) is 4.79 Å². The number of carbonyl (C=O) groups is 2. The number of hydrogen-bond acceptors (Lipinski definition) is 3. The van der Waals surface area contributed by atoms with Crippen molar-refractivity contribution in [2.45, 2.75) is 64.0 Å². The molecule has 2 N–H and O–H groups in total. The fourth-order valence-electron chi connectivity index (χ4n) is 4.51. The molecule has 1 spiro atoms. The van der Waals surface area contributed by atoms with Crippen LogP contribution in [0.1, 0.15) is 62.7 Å². The number of benzene rings is 1. The van der Waals surface area contributed by atoms with Gasteiger partial charge in [0.1, 0.15) is 0 Å². The molecule has 136 valence electrons. The summed E-state index contributed by atoms with van der Waals surface area (Å²) in [6.07, 6.45) is 7.00. The van der Waals surface area contributed by atoms with Crippen LogP contribution in [0.4, 0.5) is 5.69 Å². The van der Waals surface area contributed by atoms with Gasteiger partial charge in [-0.05, 0) is 50.1 Å². The second-order valence-electron chi connectivity index (χ2n) is 7.42. The van der Waals surface area contributed by atoms with Crippen LogP contribution in [-0.4, -0.2) is 41.4 Å². The van der Waals surface area contributed by atoms with E-state index in [0.717, 1.165) is 38.0 Å². The summed E-state index contributed by atoms with van der Waals surface area (Å²) < 4.78 is 0. The molecule has 0 aromatic heterocycles. The van der Waals surface area contributed by atoms with Crippen molar-refractivity contribution in [3.63, 3.8) is 0 Å². The highest BCUT2D eigenvalue weighted by molar-refractivity contribution is 5.96. The Morgan fingerprint density at radius 3 is 2.44 bits per heavy atom. The zero-order valence-electron chi connectivity index (χ0n) is 15.3. The van der Waals surface area contributed by atoms with E-state index in [1.807, 2.05) is 12.1 Å². The van der Waals surface area contributed by atoms with Crippen LogP contribution in [0.5, 0.6) is 0 Å². The molecular formula is C20H29N3O2. The highest BCUT2D eigenvalue weighted by Gasteiger charge is 2.47. The lowest BCUT2D eigenvalue weighted by molar-refractivity contribution is -0.114. The summed E-state index contributed by atoms with van der Waals surface area (Å²) in [5.74, 6) is 0.0185. The minimum absolute atomic E-state index is 0.0263. The van der Waals surface area contributed by atoms with E-state index in [4.69, 9.17) is 0 Å². The molecule has 0 bridgehead atoms. The zero-order valence-corrected chi connectivity index (χ0v) is 15.3. The predicted molar refractivity (Wildman–Crippen MR) is 99.7 cm³/mol. The normalized spacial score (nSPS) is 22.2. The van der Waals surface area contributed by atoms with E-state index in [9.17, 15) is 9.59 Å². The van der Waals surface area contributed by atoms with Crippen LogP contribution in [0.2, 0.25) is 0 Å². The molecule has 3 rings (SSSR count). The summed E-state index contributed by atoms with van der Waals surface area (Å²) in [5.41, 5.74) is 1.46. The third-order valence-corrected chi connectivity index (χ3v) is 5.58. The van der Waals surface area contributed by atoms with Crippen molar-refractivity contribution in [2.75, 3.05) is 18.4 Å². The molecule has 1 aliphatic carbocycles. The molecule has 1 aromatic rings. The van der Waals surface area contributed by atoms with Crippen molar-refractivity contribution in [2.24, 2.45) is 0 Å². The highest BCUT2D eigenvalue weighted by Crippen LogP contribution is 2.42. The first-order valence-corrected chi connectivity index (χ1v) is 9.47. The topological polar surface area (TPSA) is 61.4 Å². The molecule has 2 fully saturated rings.